The molecule has 0 spiro atoms. The Morgan fingerprint density at radius 3 is 1.92 bits per heavy atom. The van der Waals surface area contributed by atoms with E-state index in [-0.39, 0.29) is 0 Å². The van der Waals surface area contributed by atoms with Crippen molar-refractivity contribution < 1.29 is 5.11 Å². The lowest BCUT2D eigenvalue weighted by molar-refractivity contribution is 0.475. The monoisotopic (exact) mass is 182 g/mol. The molecule has 1 N–H and O–H groups in total. The highest BCUT2D eigenvalue weighted by molar-refractivity contribution is 6.30. The molecule has 0 aromatic heterocycles. The number of rotatable bonds is 1. The van der Waals surface area contributed by atoms with Crippen molar-refractivity contribution in [1.82, 2.24) is 0 Å². The number of hydrogen-bond donors (Lipinski definition) is 1. The molecule has 1 rings (SSSR count). The molecule has 0 bridgehead atoms. The molecule has 0 atom stereocenters. The van der Waals surface area contributed by atoms with Crippen molar-refractivity contribution in [3.8, 4) is 5.75 Å². The third-order valence-corrected chi connectivity index (χ3v) is 1.13. The van der Waals surface area contributed by atoms with Crippen molar-refractivity contribution in [2.24, 2.45) is 0 Å². The fourth-order valence-corrected chi connectivity index (χ4v) is 0.428. The Morgan fingerprint density at radius 1 is 1.33 bits per heavy atom. The fraction of sp³-hybridized carbons (Fsp3) is 0. The molecule has 0 heterocycles. The Hall–Kier alpha value is -1.21. The van der Waals surface area contributed by atoms with Gasteiger partial charge in [0.05, 0.1) is 0 Å². The van der Waals surface area contributed by atoms with Gasteiger partial charge >= 0.3 is 0 Å². The van der Waals surface area contributed by atoms with Crippen LogP contribution in [-0.2, 0) is 0 Å². The molecule has 0 aliphatic carbocycles. The van der Waals surface area contributed by atoms with Crippen LogP contribution in [-0.4, -0.2) is 5.11 Å². The highest BCUT2D eigenvalue weighted by atomic mass is 35.5. The lowest BCUT2D eigenvalue weighted by Gasteiger charge is -1.82. The second kappa shape index (κ2) is 6.50. The van der Waals surface area contributed by atoms with E-state index in [1.807, 2.05) is 6.07 Å². The number of phenols is 1. The Bertz CT molecular complexity index is 241. The molecule has 0 unspecified atom stereocenters. The quantitative estimate of drug-likeness (QED) is 0.661. The average molecular weight is 183 g/mol. The number of phenolic OH excluding ortho intramolecular Hbond substituents is 1. The number of aromatic hydroxyl groups is 1. The lowest BCUT2D eigenvalue weighted by atomic mass is 10.3. The van der Waals surface area contributed by atoms with Gasteiger partial charge in [-0.3, -0.25) is 0 Å². The predicted molar refractivity (Wildman–Crippen MR) is 53.3 cm³/mol. The summed E-state index contributed by atoms with van der Waals surface area (Å²) in [6.45, 7) is 6.65. The molecule has 12 heavy (non-hydrogen) atoms. The first-order valence-corrected chi connectivity index (χ1v) is 3.75. The summed E-state index contributed by atoms with van der Waals surface area (Å²) in [5.74, 6) is 0.322. The summed E-state index contributed by atoms with van der Waals surface area (Å²) in [5.41, 5.74) is 0. The van der Waals surface area contributed by atoms with Crippen LogP contribution in [0.2, 0.25) is 0 Å². The number of allylic oxidation sites excluding steroid dienone is 2. The number of benzene rings is 1. The largest absolute Gasteiger partial charge is 0.508 e. The molecular weight excluding hydrogens is 172 g/mol. The molecule has 1 nitrogen and oxygen atoms in total. The van der Waals surface area contributed by atoms with Crippen LogP contribution in [0.1, 0.15) is 0 Å². The smallest absolute Gasteiger partial charge is 0.115 e. The van der Waals surface area contributed by atoms with Crippen molar-refractivity contribution in [1.29, 1.82) is 0 Å². The average Bonchev–Trinajstić information content (AvgIpc) is 2.07. The molecule has 0 amide bonds. The Kier molecular flexibility index (Phi) is 5.84. The van der Waals surface area contributed by atoms with Crippen molar-refractivity contribution >= 4 is 11.6 Å². The van der Waals surface area contributed by atoms with E-state index in [0.717, 1.165) is 0 Å². The third kappa shape index (κ3) is 6.90. The third-order valence-electron chi connectivity index (χ3n) is 0.978. The first kappa shape index (κ1) is 10.8. The highest BCUT2D eigenvalue weighted by Gasteiger charge is 1.74. The summed E-state index contributed by atoms with van der Waals surface area (Å²) in [6, 6.07) is 8.71. The molecule has 1 aromatic rings. The predicted octanol–water partition coefficient (Wildman–Crippen LogP) is 3.32. The number of halogens is 1. The van der Waals surface area contributed by atoms with Crippen LogP contribution in [0.3, 0.4) is 0 Å². The summed E-state index contributed by atoms with van der Waals surface area (Å²) < 4.78 is 0. The maximum absolute atomic E-state index is 8.63. The molecule has 0 aliphatic rings. The van der Waals surface area contributed by atoms with E-state index in [4.69, 9.17) is 16.7 Å². The lowest BCUT2D eigenvalue weighted by Crippen LogP contribution is -1.56. The molecular formula is C10H11ClO. The molecule has 2 heteroatoms. The van der Waals surface area contributed by atoms with Gasteiger partial charge in [-0.15, -0.1) is 0 Å². The van der Waals surface area contributed by atoms with E-state index >= 15 is 0 Å². The molecule has 0 saturated carbocycles. The van der Waals surface area contributed by atoms with Gasteiger partial charge in [-0.05, 0) is 12.1 Å². The molecule has 0 fully saturated rings. The van der Waals surface area contributed by atoms with E-state index < -0.39 is 0 Å². The van der Waals surface area contributed by atoms with E-state index in [1.165, 1.54) is 6.08 Å². The maximum atomic E-state index is 8.63. The van der Waals surface area contributed by atoms with Gasteiger partial charge in [-0.25, -0.2) is 0 Å². The highest BCUT2D eigenvalue weighted by Crippen LogP contribution is 2.02. The summed E-state index contributed by atoms with van der Waals surface area (Å²) >= 11 is 5.15. The van der Waals surface area contributed by atoms with Gasteiger partial charge in [0.25, 0.3) is 0 Å². The number of hydrogen-bond acceptors (Lipinski definition) is 1. The van der Waals surface area contributed by atoms with Gasteiger partial charge in [0, 0.05) is 5.03 Å². The summed E-state index contributed by atoms with van der Waals surface area (Å²) in [6.07, 6.45) is 1.49. The zero-order valence-electron chi connectivity index (χ0n) is 6.70. The van der Waals surface area contributed by atoms with Crippen molar-refractivity contribution in [3.05, 3.63) is 54.6 Å². The minimum atomic E-state index is 0.322. The van der Waals surface area contributed by atoms with E-state index in [9.17, 15) is 0 Å². The van der Waals surface area contributed by atoms with Gasteiger partial charge in [0.15, 0.2) is 0 Å². The van der Waals surface area contributed by atoms with Crippen LogP contribution in [0.15, 0.2) is 54.6 Å². The fourth-order valence-electron chi connectivity index (χ4n) is 0.428. The summed E-state index contributed by atoms with van der Waals surface area (Å²) in [5, 5.41) is 9.12. The second-order valence-corrected chi connectivity index (χ2v) is 2.47. The van der Waals surface area contributed by atoms with Crippen LogP contribution in [0.5, 0.6) is 5.75 Å². The molecule has 64 valence electrons. The number of para-hydroxylation sites is 1. The van der Waals surface area contributed by atoms with E-state index in [1.54, 1.807) is 24.3 Å². The van der Waals surface area contributed by atoms with Crippen LogP contribution in [0, 0.1) is 0 Å². The van der Waals surface area contributed by atoms with Gasteiger partial charge < -0.3 is 5.11 Å². The minimum Gasteiger partial charge on any atom is -0.508 e. The minimum absolute atomic E-state index is 0.322. The van der Waals surface area contributed by atoms with Crippen LogP contribution >= 0.6 is 11.6 Å². The Balaban J connectivity index is 0.000000217. The van der Waals surface area contributed by atoms with Gasteiger partial charge in [-0.1, -0.05) is 49.0 Å². The molecule has 0 aliphatic heterocycles. The summed E-state index contributed by atoms with van der Waals surface area (Å²) in [7, 11) is 0. The van der Waals surface area contributed by atoms with E-state index in [2.05, 4.69) is 13.2 Å². The van der Waals surface area contributed by atoms with Crippen LogP contribution < -0.4 is 0 Å². The van der Waals surface area contributed by atoms with Gasteiger partial charge in [0.1, 0.15) is 5.75 Å². The Labute approximate surface area is 77.6 Å². The van der Waals surface area contributed by atoms with Crippen LogP contribution in [0.25, 0.3) is 0 Å². The normalized spacial score (nSPS) is 7.75. The molecule has 0 saturated heterocycles. The molecule has 0 radical (unpaired) electrons. The topological polar surface area (TPSA) is 20.2 Å². The summed E-state index contributed by atoms with van der Waals surface area (Å²) in [4.78, 5) is 0. The van der Waals surface area contributed by atoms with Gasteiger partial charge in [-0.2, -0.15) is 0 Å². The van der Waals surface area contributed by atoms with E-state index in [0.29, 0.717) is 10.8 Å². The first-order valence-electron chi connectivity index (χ1n) is 3.37. The first-order chi connectivity index (χ1) is 5.66. The molecule has 1 aromatic carbocycles. The maximum Gasteiger partial charge on any atom is 0.115 e. The SMILES string of the molecule is C=CC(=C)Cl.Oc1ccccc1. The van der Waals surface area contributed by atoms with Crippen molar-refractivity contribution in [3.63, 3.8) is 0 Å². The second-order valence-electron chi connectivity index (χ2n) is 1.99. The van der Waals surface area contributed by atoms with Crippen molar-refractivity contribution in [2.45, 2.75) is 0 Å². The van der Waals surface area contributed by atoms with Crippen molar-refractivity contribution in [2.75, 3.05) is 0 Å². The standard InChI is InChI=1S/C6H6O.C4H5Cl/c7-6-4-2-1-3-5-6;1-3-4(2)5/h1-5,7H;3H,1-2H2. The van der Waals surface area contributed by atoms with Gasteiger partial charge in [0.2, 0.25) is 0 Å². The zero-order chi connectivity index (χ0) is 9.40. The van der Waals surface area contributed by atoms with Crippen LogP contribution in [0.4, 0.5) is 0 Å². The Morgan fingerprint density at radius 2 is 1.75 bits per heavy atom. The zero-order valence-corrected chi connectivity index (χ0v) is 7.46.